The molecule has 0 saturated heterocycles. The highest BCUT2D eigenvalue weighted by Crippen LogP contribution is 2.22. The van der Waals surface area contributed by atoms with Crippen molar-refractivity contribution in [3.63, 3.8) is 0 Å². The second kappa shape index (κ2) is 13.4. The van der Waals surface area contributed by atoms with E-state index >= 15 is 0 Å². The lowest BCUT2D eigenvalue weighted by atomic mass is 10.1. The van der Waals surface area contributed by atoms with E-state index in [2.05, 4.69) is 12.2 Å². The zero-order chi connectivity index (χ0) is 22.6. The molecule has 2 amide bonds. The van der Waals surface area contributed by atoms with Crippen LogP contribution in [-0.4, -0.2) is 35.1 Å². The molecule has 1 atom stereocenters. The van der Waals surface area contributed by atoms with E-state index in [-0.39, 0.29) is 11.8 Å². The average Bonchev–Trinajstić information content (AvgIpc) is 2.77. The number of hydrogen-bond donors (Lipinski definition) is 1. The Morgan fingerprint density at radius 3 is 2.39 bits per heavy atom. The topological polar surface area (TPSA) is 49.4 Å². The first-order valence-electron chi connectivity index (χ1n) is 10.9. The molecule has 4 nitrogen and oxygen atoms in total. The first kappa shape index (κ1) is 25.3. The van der Waals surface area contributed by atoms with Crippen molar-refractivity contribution in [1.29, 1.82) is 0 Å². The quantitative estimate of drug-likeness (QED) is 0.319. The van der Waals surface area contributed by atoms with E-state index in [0.717, 1.165) is 40.5 Å². The van der Waals surface area contributed by atoms with E-state index in [1.165, 1.54) is 5.56 Å². The molecule has 1 N–H and O–H groups in total. The van der Waals surface area contributed by atoms with Crippen LogP contribution in [0.1, 0.15) is 50.7 Å². The van der Waals surface area contributed by atoms with Gasteiger partial charge in [-0.2, -0.15) is 0 Å². The summed E-state index contributed by atoms with van der Waals surface area (Å²) in [6.07, 6.45) is 3.12. The Morgan fingerprint density at radius 2 is 1.74 bits per heavy atom. The summed E-state index contributed by atoms with van der Waals surface area (Å²) in [7, 11) is 0. The van der Waals surface area contributed by atoms with Gasteiger partial charge in [-0.25, -0.2) is 0 Å². The number of thioether (sulfide) groups is 1. The maximum absolute atomic E-state index is 13.1. The third kappa shape index (κ3) is 8.96. The first-order valence-corrected chi connectivity index (χ1v) is 12.3. The third-order valence-electron chi connectivity index (χ3n) is 5.09. The van der Waals surface area contributed by atoms with Crippen LogP contribution in [0.15, 0.2) is 53.4 Å². The third-order valence-corrected chi connectivity index (χ3v) is 6.44. The minimum atomic E-state index is -0.505. The molecule has 31 heavy (non-hydrogen) atoms. The van der Waals surface area contributed by atoms with Crippen molar-refractivity contribution in [2.45, 2.75) is 63.9 Å². The van der Waals surface area contributed by atoms with Crippen molar-refractivity contribution in [1.82, 2.24) is 10.2 Å². The Kier molecular flexibility index (Phi) is 11.0. The number of hydrogen-bond acceptors (Lipinski definition) is 3. The molecule has 0 aliphatic carbocycles. The molecule has 0 aromatic heterocycles. The second-order valence-corrected chi connectivity index (χ2v) is 9.34. The van der Waals surface area contributed by atoms with Crippen molar-refractivity contribution in [2.24, 2.45) is 0 Å². The number of benzene rings is 2. The summed E-state index contributed by atoms with van der Waals surface area (Å²) < 4.78 is 0. The van der Waals surface area contributed by atoms with E-state index in [0.29, 0.717) is 19.5 Å². The van der Waals surface area contributed by atoms with Gasteiger partial charge in [0, 0.05) is 29.4 Å². The normalized spacial score (nSPS) is 11.7. The number of carbonyl (C=O) groups is 2. The molecule has 6 heteroatoms. The van der Waals surface area contributed by atoms with Gasteiger partial charge in [0.25, 0.3) is 0 Å². The molecule has 168 valence electrons. The maximum Gasteiger partial charge on any atom is 0.242 e. The molecule has 2 aromatic rings. The number of carbonyl (C=O) groups excluding carboxylic acids is 2. The molecule has 2 aromatic carbocycles. The van der Waals surface area contributed by atoms with Crippen LogP contribution in [-0.2, 0) is 16.1 Å². The van der Waals surface area contributed by atoms with Crippen LogP contribution in [0.3, 0.4) is 0 Å². The lowest BCUT2D eigenvalue weighted by molar-refractivity contribution is -0.140. The Balaban J connectivity index is 1.96. The van der Waals surface area contributed by atoms with E-state index in [1.807, 2.05) is 62.4 Å². The molecule has 0 fully saturated rings. The number of unbranched alkanes of at least 4 members (excludes halogenated alkanes) is 1. The summed E-state index contributed by atoms with van der Waals surface area (Å²) in [6, 6.07) is 15.3. The SMILES string of the molecule is CCCCNC(=O)C(C)N(Cc1ccc(C)cc1)C(=O)CCCSc1ccc(Cl)cc1. The molecular weight excluding hydrogens is 428 g/mol. The number of nitrogens with zero attached hydrogens (tertiary/aromatic N) is 1. The van der Waals surface area contributed by atoms with Gasteiger partial charge < -0.3 is 10.2 Å². The van der Waals surface area contributed by atoms with Gasteiger partial charge in [0.1, 0.15) is 6.04 Å². The predicted molar refractivity (Wildman–Crippen MR) is 131 cm³/mol. The Bertz CT molecular complexity index is 824. The van der Waals surface area contributed by atoms with Gasteiger partial charge in [-0.1, -0.05) is 54.8 Å². The van der Waals surface area contributed by atoms with Crippen LogP contribution < -0.4 is 5.32 Å². The van der Waals surface area contributed by atoms with Crippen LogP contribution in [0.4, 0.5) is 0 Å². The van der Waals surface area contributed by atoms with E-state index in [4.69, 9.17) is 11.6 Å². The van der Waals surface area contributed by atoms with Crippen LogP contribution >= 0.6 is 23.4 Å². The Hall–Kier alpha value is -1.98. The number of halogens is 1. The molecule has 0 radical (unpaired) electrons. The molecule has 0 heterocycles. The van der Waals surface area contributed by atoms with Gasteiger partial charge >= 0.3 is 0 Å². The highest BCUT2D eigenvalue weighted by Gasteiger charge is 2.25. The first-order chi connectivity index (χ1) is 14.9. The minimum absolute atomic E-state index is 0.00965. The lowest BCUT2D eigenvalue weighted by Crippen LogP contribution is -2.47. The molecule has 0 aliphatic rings. The van der Waals surface area contributed by atoms with Gasteiger partial charge in [0.05, 0.1) is 0 Å². The molecular formula is C25H33ClN2O2S. The highest BCUT2D eigenvalue weighted by atomic mass is 35.5. The van der Waals surface area contributed by atoms with Crippen molar-refractivity contribution in [3.05, 3.63) is 64.7 Å². The summed E-state index contributed by atoms with van der Waals surface area (Å²) in [5, 5.41) is 3.68. The highest BCUT2D eigenvalue weighted by molar-refractivity contribution is 7.99. The zero-order valence-electron chi connectivity index (χ0n) is 18.7. The predicted octanol–water partition coefficient (Wildman–Crippen LogP) is 5.85. The lowest BCUT2D eigenvalue weighted by Gasteiger charge is -2.29. The molecule has 0 saturated carbocycles. The second-order valence-electron chi connectivity index (χ2n) is 7.73. The maximum atomic E-state index is 13.1. The fourth-order valence-corrected chi connectivity index (χ4v) is 4.08. The largest absolute Gasteiger partial charge is 0.354 e. The summed E-state index contributed by atoms with van der Waals surface area (Å²) in [6.45, 7) is 7.02. The Labute approximate surface area is 195 Å². The number of rotatable bonds is 12. The summed E-state index contributed by atoms with van der Waals surface area (Å²) in [4.78, 5) is 28.5. The van der Waals surface area contributed by atoms with E-state index < -0.39 is 6.04 Å². The van der Waals surface area contributed by atoms with E-state index in [9.17, 15) is 9.59 Å². The van der Waals surface area contributed by atoms with Gasteiger partial charge in [-0.05, 0) is 62.3 Å². The average molecular weight is 461 g/mol. The van der Waals surface area contributed by atoms with Crippen LogP contribution in [0, 0.1) is 6.92 Å². The van der Waals surface area contributed by atoms with Crippen LogP contribution in [0.25, 0.3) is 0 Å². The van der Waals surface area contributed by atoms with Crippen LogP contribution in [0.5, 0.6) is 0 Å². The van der Waals surface area contributed by atoms with E-state index in [1.54, 1.807) is 16.7 Å². The zero-order valence-corrected chi connectivity index (χ0v) is 20.3. The van der Waals surface area contributed by atoms with Crippen molar-refractivity contribution < 1.29 is 9.59 Å². The minimum Gasteiger partial charge on any atom is -0.354 e. The van der Waals surface area contributed by atoms with Crippen molar-refractivity contribution in [2.75, 3.05) is 12.3 Å². The standard InChI is InChI=1S/C25H33ClN2O2S/c1-4-5-16-27-25(30)20(3)28(18-21-10-8-19(2)9-11-21)24(29)7-6-17-31-23-14-12-22(26)13-15-23/h8-15,20H,4-7,16-18H2,1-3H3,(H,27,30). The summed E-state index contributed by atoms with van der Waals surface area (Å²) >= 11 is 7.64. The molecule has 1 unspecified atom stereocenters. The van der Waals surface area contributed by atoms with Crippen molar-refractivity contribution >= 4 is 35.2 Å². The van der Waals surface area contributed by atoms with Gasteiger partial charge in [0.15, 0.2) is 0 Å². The van der Waals surface area contributed by atoms with Gasteiger partial charge in [-0.3, -0.25) is 9.59 Å². The van der Waals surface area contributed by atoms with Gasteiger partial charge in [-0.15, -0.1) is 11.8 Å². The fourth-order valence-electron chi connectivity index (χ4n) is 3.10. The van der Waals surface area contributed by atoms with Crippen LogP contribution in [0.2, 0.25) is 5.02 Å². The molecule has 0 bridgehead atoms. The number of aryl methyl sites for hydroxylation is 1. The Morgan fingerprint density at radius 1 is 1.06 bits per heavy atom. The van der Waals surface area contributed by atoms with Gasteiger partial charge in [0.2, 0.25) is 11.8 Å². The fraction of sp³-hybridized carbons (Fsp3) is 0.440. The molecule has 0 aliphatic heterocycles. The number of nitrogens with one attached hydrogen (secondary N) is 1. The monoisotopic (exact) mass is 460 g/mol. The summed E-state index contributed by atoms with van der Waals surface area (Å²) in [5.41, 5.74) is 2.20. The smallest absolute Gasteiger partial charge is 0.242 e. The molecule has 0 spiro atoms. The number of amides is 2. The molecule has 2 rings (SSSR count). The van der Waals surface area contributed by atoms with Crippen molar-refractivity contribution in [3.8, 4) is 0 Å². The summed E-state index contributed by atoms with van der Waals surface area (Å²) in [5.74, 6) is 0.753.